The molecule has 36 heavy (non-hydrogen) atoms. The van der Waals surface area contributed by atoms with Crippen molar-refractivity contribution in [1.82, 2.24) is 4.90 Å². The molecule has 2 aromatic rings. The summed E-state index contributed by atoms with van der Waals surface area (Å²) < 4.78 is 17.3. The lowest BCUT2D eigenvalue weighted by Gasteiger charge is -2.38. The molecule has 192 valence electrons. The molecule has 7 heteroatoms. The first kappa shape index (κ1) is 24.6. The fraction of sp³-hybridized carbons (Fsp3) is 0.517. The van der Waals surface area contributed by atoms with Gasteiger partial charge in [-0.05, 0) is 52.8 Å². The standard InChI is InChI=1S/C29H36N2O5/c1-28(2,3)19-35-27(33)31-13-11-29(12-14-31)17-23-16-21(6-9-25(23)36-29)20-4-7-24(8-5-20)30-26(32)22-10-15-34-18-22/h4-9,16,22H,10-15,17-19H2,1-3H3,(H,30,32). The van der Waals surface area contributed by atoms with E-state index in [1.165, 1.54) is 5.56 Å². The van der Waals surface area contributed by atoms with Crippen molar-refractivity contribution in [2.45, 2.75) is 52.1 Å². The number of carbonyl (C=O) groups excluding carboxylic acids is 2. The molecular formula is C29H36N2O5. The van der Waals surface area contributed by atoms with Crippen molar-refractivity contribution in [3.8, 4) is 16.9 Å². The zero-order valence-electron chi connectivity index (χ0n) is 21.5. The van der Waals surface area contributed by atoms with Gasteiger partial charge in [0.15, 0.2) is 0 Å². The molecule has 3 heterocycles. The number of benzene rings is 2. The maximum Gasteiger partial charge on any atom is 0.409 e. The molecule has 2 saturated heterocycles. The molecule has 1 unspecified atom stereocenters. The minimum absolute atomic E-state index is 0.0220. The van der Waals surface area contributed by atoms with E-state index in [9.17, 15) is 9.59 Å². The second-order valence-electron chi connectivity index (χ2n) is 11.5. The summed E-state index contributed by atoms with van der Waals surface area (Å²) in [5.74, 6) is 0.897. The van der Waals surface area contributed by atoms with E-state index in [-0.39, 0.29) is 28.9 Å². The topological polar surface area (TPSA) is 77.1 Å². The van der Waals surface area contributed by atoms with E-state index in [1.54, 1.807) is 4.90 Å². The van der Waals surface area contributed by atoms with Crippen LogP contribution >= 0.6 is 0 Å². The van der Waals surface area contributed by atoms with Crippen LogP contribution in [-0.4, -0.2) is 55.4 Å². The third-order valence-corrected chi connectivity index (χ3v) is 7.25. The first-order valence-corrected chi connectivity index (χ1v) is 12.9. The van der Waals surface area contributed by atoms with Gasteiger partial charge in [0.05, 0.1) is 19.1 Å². The summed E-state index contributed by atoms with van der Waals surface area (Å²) >= 11 is 0. The van der Waals surface area contributed by atoms with E-state index in [4.69, 9.17) is 14.2 Å². The molecule has 0 bridgehead atoms. The summed E-state index contributed by atoms with van der Waals surface area (Å²) in [5.41, 5.74) is 3.93. The van der Waals surface area contributed by atoms with E-state index in [0.29, 0.717) is 32.9 Å². The minimum atomic E-state index is -0.250. The van der Waals surface area contributed by atoms with Gasteiger partial charge in [-0.3, -0.25) is 4.79 Å². The summed E-state index contributed by atoms with van der Waals surface area (Å²) in [5, 5.41) is 2.99. The van der Waals surface area contributed by atoms with Crippen LogP contribution in [0.15, 0.2) is 42.5 Å². The van der Waals surface area contributed by atoms with Gasteiger partial charge in [0.2, 0.25) is 5.91 Å². The van der Waals surface area contributed by atoms with E-state index >= 15 is 0 Å². The highest BCUT2D eigenvalue weighted by Crippen LogP contribution is 2.42. The maximum atomic E-state index is 12.5. The fourth-order valence-corrected chi connectivity index (χ4v) is 5.09. The van der Waals surface area contributed by atoms with Crippen LogP contribution in [-0.2, 0) is 20.7 Å². The smallest absolute Gasteiger partial charge is 0.409 e. The fourth-order valence-electron chi connectivity index (χ4n) is 5.09. The van der Waals surface area contributed by atoms with Gasteiger partial charge in [-0.25, -0.2) is 4.79 Å². The Balaban J connectivity index is 1.18. The summed E-state index contributed by atoms with van der Waals surface area (Å²) in [4.78, 5) is 26.6. The second kappa shape index (κ2) is 9.77. The maximum absolute atomic E-state index is 12.5. The van der Waals surface area contributed by atoms with E-state index < -0.39 is 0 Å². The van der Waals surface area contributed by atoms with Crippen molar-refractivity contribution in [3.05, 3.63) is 48.0 Å². The van der Waals surface area contributed by atoms with Crippen LogP contribution in [0.1, 0.15) is 45.6 Å². The van der Waals surface area contributed by atoms with Crippen LogP contribution in [0, 0.1) is 11.3 Å². The Morgan fingerprint density at radius 3 is 2.47 bits per heavy atom. The number of nitrogens with zero attached hydrogens (tertiary/aromatic N) is 1. The van der Waals surface area contributed by atoms with Crippen molar-refractivity contribution in [2.75, 3.05) is 38.2 Å². The Kier molecular flexibility index (Phi) is 6.68. The lowest BCUT2D eigenvalue weighted by Crippen LogP contribution is -2.49. The molecule has 1 atom stereocenters. The number of nitrogens with one attached hydrogen (secondary N) is 1. The van der Waals surface area contributed by atoms with Gasteiger partial charge in [-0.15, -0.1) is 0 Å². The van der Waals surface area contributed by atoms with Gasteiger partial charge in [-0.1, -0.05) is 39.0 Å². The van der Waals surface area contributed by atoms with E-state index in [0.717, 1.165) is 48.2 Å². The third-order valence-electron chi connectivity index (χ3n) is 7.25. The molecule has 3 aliphatic rings. The number of amides is 2. The lowest BCUT2D eigenvalue weighted by atomic mass is 9.86. The largest absolute Gasteiger partial charge is 0.487 e. The Bertz CT molecular complexity index is 1110. The Morgan fingerprint density at radius 1 is 1.08 bits per heavy atom. The highest BCUT2D eigenvalue weighted by molar-refractivity contribution is 5.93. The Morgan fingerprint density at radius 2 is 1.81 bits per heavy atom. The van der Waals surface area contributed by atoms with Crippen LogP contribution in [0.2, 0.25) is 0 Å². The molecule has 5 rings (SSSR count). The molecule has 0 radical (unpaired) electrons. The molecule has 2 amide bonds. The molecule has 0 saturated carbocycles. The highest BCUT2D eigenvalue weighted by atomic mass is 16.6. The molecule has 2 aromatic carbocycles. The van der Waals surface area contributed by atoms with E-state index in [2.05, 4.69) is 44.3 Å². The number of carbonyl (C=O) groups is 2. The van der Waals surface area contributed by atoms with Crippen LogP contribution in [0.5, 0.6) is 5.75 Å². The third kappa shape index (κ3) is 5.51. The molecule has 1 N–H and O–H groups in total. The average molecular weight is 493 g/mol. The van der Waals surface area contributed by atoms with Gasteiger partial charge >= 0.3 is 6.09 Å². The van der Waals surface area contributed by atoms with Gasteiger partial charge < -0.3 is 24.4 Å². The number of fused-ring (bicyclic) bond motifs is 1. The number of piperidine rings is 1. The van der Waals surface area contributed by atoms with Crippen molar-refractivity contribution in [3.63, 3.8) is 0 Å². The quantitative estimate of drug-likeness (QED) is 0.628. The van der Waals surface area contributed by atoms with Crippen molar-refractivity contribution >= 4 is 17.7 Å². The summed E-state index contributed by atoms with van der Waals surface area (Å²) in [7, 11) is 0. The molecule has 0 aliphatic carbocycles. The number of anilines is 1. The average Bonchev–Trinajstić information content (AvgIpc) is 3.51. The summed E-state index contributed by atoms with van der Waals surface area (Å²) in [6.07, 6.45) is 2.99. The zero-order valence-corrected chi connectivity index (χ0v) is 21.5. The second-order valence-corrected chi connectivity index (χ2v) is 11.5. The molecule has 3 aliphatic heterocycles. The summed E-state index contributed by atoms with van der Waals surface area (Å²) in [6, 6.07) is 14.3. The normalized spacial score (nSPS) is 20.6. The molecule has 0 aromatic heterocycles. The van der Waals surface area contributed by atoms with Crippen molar-refractivity contribution < 1.29 is 23.8 Å². The first-order valence-electron chi connectivity index (χ1n) is 12.9. The molecule has 2 fully saturated rings. The van der Waals surface area contributed by atoms with Gasteiger partial charge in [0.1, 0.15) is 11.4 Å². The van der Waals surface area contributed by atoms with Crippen LogP contribution < -0.4 is 10.1 Å². The lowest BCUT2D eigenvalue weighted by molar-refractivity contribution is -0.119. The summed E-state index contributed by atoms with van der Waals surface area (Å²) in [6.45, 7) is 9.04. The van der Waals surface area contributed by atoms with Gasteiger partial charge in [-0.2, -0.15) is 0 Å². The van der Waals surface area contributed by atoms with Crippen molar-refractivity contribution in [2.24, 2.45) is 11.3 Å². The van der Waals surface area contributed by atoms with Crippen LogP contribution in [0.4, 0.5) is 10.5 Å². The molecule has 7 nitrogen and oxygen atoms in total. The number of hydrogen-bond donors (Lipinski definition) is 1. The van der Waals surface area contributed by atoms with Crippen LogP contribution in [0.25, 0.3) is 11.1 Å². The molecular weight excluding hydrogens is 456 g/mol. The predicted octanol–water partition coefficient (Wildman–Crippen LogP) is 5.28. The minimum Gasteiger partial charge on any atom is -0.487 e. The zero-order chi connectivity index (χ0) is 25.3. The highest BCUT2D eigenvalue weighted by Gasteiger charge is 2.43. The molecule has 1 spiro atoms. The van der Waals surface area contributed by atoms with Crippen molar-refractivity contribution in [1.29, 1.82) is 0 Å². The Labute approximate surface area is 213 Å². The predicted molar refractivity (Wildman–Crippen MR) is 138 cm³/mol. The monoisotopic (exact) mass is 492 g/mol. The SMILES string of the molecule is CC(C)(C)COC(=O)N1CCC2(CC1)Cc1cc(-c3ccc(NC(=O)C4CCOC4)cc3)ccc1O2. The number of rotatable bonds is 4. The van der Waals surface area contributed by atoms with E-state index in [1.807, 2.05) is 24.3 Å². The first-order chi connectivity index (χ1) is 17.2. The Hall–Kier alpha value is -3.06. The number of hydrogen-bond acceptors (Lipinski definition) is 5. The number of likely N-dealkylation sites (tertiary alicyclic amines) is 1. The van der Waals surface area contributed by atoms with Gasteiger partial charge in [0, 0.05) is 44.6 Å². The van der Waals surface area contributed by atoms with Crippen LogP contribution in [0.3, 0.4) is 0 Å². The van der Waals surface area contributed by atoms with Gasteiger partial charge in [0.25, 0.3) is 0 Å². The number of ether oxygens (including phenoxy) is 3.